The monoisotopic (exact) mass is 295 g/mol. The molecule has 0 bridgehead atoms. The van der Waals surface area contributed by atoms with Crippen LogP contribution in [0.5, 0.6) is 0 Å². The lowest BCUT2D eigenvalue weighted by Gasteiger charge is -2.03. The van der Waals surface area contributed by atoms with Gasteiger partial charge in [0.05, 0.1) is 18.6 Å². The molecule has 7 nitrogen and oxygen atoms in total. The molecule has 0 aliphatic rings. The van der Waals surface area contributed by atoms with E-state index >= 15 is 0 Å². The highest BCUT2D eigenvalue weighted by atomic mass is 35.5. The molecule has 0 N–H and O–H groups in total. The highest BCUT2D eigenvalue weighted by molar-refractivity contribution is 6.31. The van der Waals surface area contributed by atoms with Crippen LogP contribution in [-0.2, 0) is 11.3 Å². The smallest absolute Gasteiger partial charge is 0.365 e. The second kappa shape index (κ2) is 5.70. The summed E-state index contributed by atoms with van der Waals surface area (Å²) in [6.45, 7) is 0.220. The number of carbonyl (C=O) groups excluding carboxylic acids is 1. The van der Waals surface area contributed by atoms with Gasteiger partial charge in [-0.25, -0.2) is 4.79 Å². The van der Waals surface area contributed by atoms with Crippen LogP contribution in [0.15, 0.2) is 30.5 Å². The van der Waals surface area contributed by atoms with Crippen LogP contribution in [0.2, 0.25) is 5.02 Å². The maximum Gasteiger partial charge on any atom is 0.365 e. The number of hydrogen-bond donors (Lipinski definition) is 0. The van der Waals surface area contributed by atoms with Crippen LogP contribution in [0.25, 0.3) is 0 Å². The summed E-state index contributed by atoms with van der Waals surface area (Å²) >= 11 is 6.01. The van der Waals surface area contributed by atoms with E-state index in [-0.39, 0.29) is 12.2 Å². The highest BCUT2D eigenvalue weighted by Crippen LogP contribution is 2.20. The number of esters is 1. The summed E-state index contributed by atoms with van der Waals surface area (Å²) in [7, 11) is 1.14. The zero-order valence-electron chi connectivity index (χ0n) is 10.4. The van der Waals surface area contributed by atoms with E-state index in [1.165, 1.54) is 10.9 Å². The van der Waals surface area contributed by atoms with Gasteiger partial charge < -0.3 is 4.74 Å². The minimum atomic E-state index is -0.852. The van der Waals surface area contributed by atoms with Crippen LogP contribution >= 0.6 is 11.6 Å². The van der Waals surface area contributed by atoms with Crippen molar-refractivity contribution in [3.8, 4) is 0 Å². The fourth-order valence-electron chi connectivity index (χ4n) is 1.67. The molecule has 0 fully saturated rings. The summed E-state index contributed by atoms with van der Waals surface area (Å²) in [4.78, 5) is 21.7. The zero-order valence-corrected chi connectivity index (χ0v) is 11.2. The molecule has 0 saturated carbocycles. The van der Waals surface area contributed by atoms with Gasteiger partial charge >= 0.3 is 11.7 Å². The first kappa shape index (κ1) is 14.0. The van der Waals surface area contributed by atoms with Gasteiger partial charge in [-0.05, 0) is 11.6 Å². The summed E-state index contributed by atoms with van der Waals surface area (Å²) in [5.41, 5.74) is 0.0106. The minimum absolute atomic E-state index is 0.220. The summed E-state index contributed by atoms with van der Waals surface area (Å²) in [6, 6.07) is 7.04. The van der Waals surface area contributed by atoms with Crippen LogP contribution in [0.1, 0.15) is 16.1 Å². The van der Waals surface area contributed by atoms with Crippen molar-refractivity contribution < 1.29 is 14.5 Å². The van der Waals surface area contributed by atoms with Crippen molar-refractivity contribution in [1.82, 2.24) is 9.78 Å². The summed E-state index contributed by atoms with van der Waals surface area (Å²) in [5.74, 6) is -0.852. The maximum absolute atomic E-state index is 11.4. The van der Waals surface area contributed by atoms with Crippen molar-refractivity contribution in [2.45, 2.75) is 6.54 Å². The standard InChI is InChI=1S/C12H10ClN3O4/c1-20-12(17)11-10(16(18)19)7-15(14-11)6-8-4-2-3-5-9(8)13/h2-5,7H,6H2,1H3. The van der Waals surface area contributed by atoms with Crippen molar-refractivity contribution in [3.63, 3.8) is 0 Å². The van der Waals surface area contributed by atoms with Crippen LogP contribution in [0, 0.1) is 10.1 Å². The van der Waals surface area contributed by atoms with Gasteiger partial charge in [-0.2, -0.15) is 5.10 Å². The van der Waals surface area contributed by atoms with E-state index < -0.39 is 16.6 Å². The quantitative estimate of drug-likeness (QED) is 0.490. The summed E-state index contributed by atoms with van der Waals surface area (Å²) in [6.07, 6.45) is 1.18. The van der Waals surface area contributed by atoms with Crippen LogP contribution < -0.4 is 0 Å². The molecule has 1 heterocycles. The first-order chi connectivity index (χ1) is 9.52. The molecule has 0 spiro atoms. The van der Waals surface area contributed by atoms with E-state index in [1.54, 1.807) is 24.3 Å². The number of rotatable bonds is 4. The lowest BCUT2D eigenvalue weighted by atomic mass is 10.2. The van der Waals surface area contributed by atoms with Gasteiger partial charge in [0.15, 0.2) is 0 Å². The third kappa shape index (κ3) is 2.77. The Morgan fingerprint density at radius 1 is 1.50 bits per heavy atom. The zero-order chi connectivity index (χ0) is 14.7. The van der Waals surface area contributed by atoms with Gasteiger partial charge in [0, 0.05) is 5.02 Å². The van der Waals surface area contributed by atoms with Crippen molar-refractivity contribution >= 4 is 23.3 Å². The van der Waals surface area contributed by atoms with Crippen LogP contribution in [0.3, 0.4) is 0 Å². The summed E-state index contributed by atoms with van der Waals surface area (Å²) < 4.78 is 5.75. The fourth-order valence-corrected chi connectivity index (χ4v) is 1.86. The maximum atomic E-state index is 11.4. The van der Waals surface area contributed by atoms with E-state index in [0.29, 0.717) is 5.02 Å². The number of carbonyl (C=O) groups is 1. The number of nitrogens with zero attached hydrogens (tertiary/aromatic N) is 3. The molecule has 1 aromatic heterocycles. The third-order valence-corrected chi connectivity index (χ3v) is 2.98. The summed E-state index contributed by atoms with van der Waals surface area (Å²) in [5, 5.41) is 15.3. The molecular weight excluding hydrogens is 286 g/mol. The lowest BCUT2D eigenvalue weighted by Crippen LogP contribution is -2.07. The van der Waals surface area contributed by atoms with E-state index in [4.69, 9.17) is 11.6 Å². The number of ether oxygens (including phenoxy) is 1. The molecule has 104 valence electrons. The van der Waals surface area contributed by atoms with Crippen LogP contribution in [0.4, 0.5) is 5.69 Å². The first-order valence-corrected chi connectivity index (χ1v) is 5.94. The lowest BCUT2D eigenvalue weighted by molar-refractivity contribution is -0.385. The molecule has 1 aromatic carbocycles. The average molecular weight is 296 g/mol. The Morgan fingerprint density at radius 2 is 2.20 bits per heavy atom. The van der Waals surface area contributed by atoms with E-state index in [0.717, 1.165) is 12.7 Å². The molecule has 8 heteroatoms. The molecule has 0 aliphatic heterocycles. The molecule has 0 saturated heterocycles. The normalized spacial score (nSPS) is 10.3. The highest BCUT2D eigenvalue weighted by Gasteiger charge is 2.26. The number of nitro groups is 1. The Kier molecular flexibility index (Phi) is 3.99. The van der Waals surface area contributed by atoms with E-state index in [9.17, 15) is 14.9 Å². The Balaban J connectivity index is 2.37. The predicted molar refractivity (Wildman–Crippen MR) is 70.8 cm³/mol. The number of halogens is 1. The molecule has 0 unspecified atom stereocenters. The number of methoxy groups -OCH3 is 1. The molecule has 0 radical (unpaired) electrons. The molecule has 2 aromatic rings. The topological polar surface area (TPSA) is 87.3 Å². The van der Waals surface area contributed by atoms with Crippen molar-refractivity contribution in [3.05, 3.63) is 56.9 Å². The molecule has 20 heavy (non-hydrogen) atoms. The Morgan fingerprint density at radius 3 is 2.80 bits per heavy atom. The van der Waals surface area contributed by atoms with Gasteiger partial charge in [-0.1, -0.05) is 29.8 Å². The van der Waals surface area contributed by atoms with Crippen molar-refractivity contribution in [1.29, 1.82) is 0 Å². The molecule has 0 aliphatic carbocycles. The van der Waals surface area contributed by atoms with Gasteiger partial charge in [-0.3, -0.25) is 14.8 Å². The van der Waals surface area contributed by atoms with Crippen molar-refractivity contribution in [2.75, 3.05) is 7.11 Å². The predicted octanol–water partition coefficient (Wildman–Crippen LogP) is 2.28. The molecule has 0 amide bonds. The molecule has 0 atom stereocenters. The first-order valence-electron chi connectivity index (χ1n) is 5.56. The van der Waals surface area contributed by atoms with E-state index in [2.05, 4.69) is 9.84 Å². The minimum Gasteiger partial charge on any atom is -0.464 e. The Labute approximate surface area is 118 Å². The second-order valence-electron chi connectivity index (χ2n) is 3.90. The van der Waals surface area contributed by atoms with E-state index in [1.807, 2.05) is 0 Å². The number of hydrogen-bond acceptors (Lipinski definition) is 5. The number of aromatic nitrogens is 2. The third-order valence-electron chi connectivity index (χ3n) is 2.61. The largest absolute Gasteiger partial charge is 0.464 e. The Hall–Kier alpha value is -2.41. The van der Waals surface area contributed by atoms with Gasteiger partial charge in [0.25, 0.3) is 0 Å². The average Bonchev–Trinajstić information content (AvgIpc) is 2.85. The second-order valence-corrected chi connectivity index (χ2v) is 4.31. The Bertz CT molecular complexity index is 668. The number of benzene rings is 1. The van der Waals surface area contributed by atoms with Crippen molar-refractivity contribution in [2.24, 2.45) is 0 Å². The van der Waals surface area contributed by atoms with Gasteiger partial charge in [0.1, 0.15) is 6.20 Å². The van der Waals surface area contributed by atoms with Crippen LogP contribution in [-0.4, -0.2) is 27.8 Å². The fraction of sp³-hybridized carbons (Fsp3) is 0.167. The van der Waals surface area contributed by atoms with Gasteiger partial charge in [0.2, 0.25) is 5.69 Å². The SMILES string of the molecule is COC(=O)c1nn(Cc2ccccc2Cl)cc1[N+](=O)[O-]. The van der Waals surface area contributed by atoms with Gasteiger partial charge in [-0.15, -0.1) is 0 Å². The molecular formula is C12H10ClN3O4. The molecule has 2 rings (SSSR count).